The molecular weight excluding hydrogens is 390 g/mol. The number of hydrogen-bond donors (Lipinski definition) is 1. The molecule has 1 unspecified atom stereocenters. The largest absolute Gasteiger partial charge is 0.495 e. The summed E-state index contributed by atoms with van der Waals surface area (Å²) in [6.07, 6.45) is 5.42. The SMILES string of the molecule is COc1ccccc1N(CCCC(=O)NCCCN1CCCC(C)C1)S(C)(=O)=O. The maximum atomic E-state index is 12.2. The van der Waals surface area contributed by atoms with Crippen molar-refractivity contribution < 1.29 is 17.9 Å². The topological polar surface area (TPSA) is 79.0 Å². The fourth-order valence-corrected chi connectivity index (χ4v) is 4.76. The number of nitrogens with one attached hydrogen (secondary N) is 1. The standard InChI is InChI=1S/C21H35N3O4S/c1-18-9-6-14-23(17-18)15-8-13-22-21(25)12-7-16-24(29(3,26)27)19-10-4-5-11-20(19)28-2/h4-5,10-11,18H,6-9,12-17H2,1-3H3,(H,22,25). The van der Waals surface area contributed by atoms with Crippen LogP contribution in [-0.4, -0.2) is 65.3 Å². The zero-order valence-corrected chi connectivity index (χ0v) is 18.7. The lowest BCUT2D eigenvalue weighted by atomic mass is 10.0. The van der Waals surface area contributed by atoms with Crippen molar-refractivity contribution in [1.82, 2.24) is 10.2 Å². The Hall–Kier alpha value is -1.80. The van der Waals surface area contributed by atoms with Crippen molar-refractivity contribution in [1.29, 1.82) is 0 Å². The Kier molecular flexibility index (Phi) is 9.23. The third kappa shape index (κ3) is 7.85. The number of para-hydroxylation sites is 2. The van der Waals surface area contributed by atoms with Gasteiger partial charge < -0.3 is 15.0 Å². The van der Waals surface area contributed by atoms with Gasteiger partial charge in [-0.15, -0.1) is 0 Å². The summed E-state index contributed by atoms with van der Waals surface area (Å²) in [7, 11) is -1.96. The average Bonchev–Trinajstić information content (AvgIpc) is 2.68. The molecule has 0 bridgehead atoms. The van der Waals surface area contributed by atoms with Gasteiger partial charge in [0.25, 0.3) is 0 Å². The van der Waals surface area contributed by atoms with Crippen LogP contribution >= 0.6 is 0 Å². The quantitative estimate of drug-likeness (QED) is 0.551. The molecule has 0 aliphatic carbocycles. The molecule has 1 aromatic rings. The molecule has 0 saturated carbocycles. The number of carbonyl (C=O) groups is 1. The van der Waals surface area contributed by atoms with E-state index in [9.17, 15) is 13.2 Å². The molecule has 0 aromatic heterocycles. The molecule has 0 spiro atoms. The van der Waals surface area contributed by atoms with E-state index in [1.165, 1.54) is 30.5 Å². The van der Waals surface area contributed by atoms with Crippen molar-refractivity contribution in [3.8, 4) is 5.75 Å². The van der Waals surface area contributed by atoms with Crippen molar-refractivity contribution in [3.63, 3.8) is 0 Å². The van der Waals surface area contributed by atoms with E-state index >= 15 is 0 Å². The molecule has 164 valence electrons. The summed E-state index contributed by atoms with van der Waals surface area (Å²) in [4.78, 5) is 14.6. The molecule has 1 amide bonds. The second kappa shape index (κ2) is 11.4. The summed E-state index contributed by atoms with van der Waals surface area (Å²) in [5.74, 6) is 1.22. The van der Waals surface area contributed by atoms with Gasteiger partial charge >= 0.3 is 0 Å². The number of rotatable bonds is 11. The van der Waals surface area contributed by atoms with Crippen molar-refractivity contribution in [3.05, 3.63) is 24.3 Å². The molecule has 1 N–H and O–H groups in total. The highest BCUT2D eigenvalue weighted by Gasteiger charge is 2.21. The van der Waals surface area contributed by atoms with Crippen LogP contribution in [0, 0.1) is 5.92 Å². The lowest BCUT2D eigenvalue weighted by molar-refractivity contribution is -0.121. The summed E-state index contributed by atoms with van der Waals surface area (Å²) in [6.45, 7) is 6.50. The summed E-state index contributed by atoms with van der Waals surface area (Å²) >= 11 is 0. The van der Waals surface area contributed by atoms with Gasteiger partial charge in [0.2, 0.25) is 15.9 Å². The summed E-state index contributed by atoms with van der Waals surface area (Å²) in [5.41, 5.74) is 0.494. The number of nitrogens with zero attached hydrogens (tertiary/aromatic N) is 2. The molecule has 2 rings (SSSR count). The van der Waals surface area contributed by atoms with Gasteiger partial charge in [-0.1, -0.05) is 19.1 Å². The smallest absolute Gasteiger partial charge is 0.232 e. The third-order valence-electron chi connectivity index (χ3n) is 5.23. The number of amides is 1. The maximum absolute atomic E-state index is 12.2. The number of benzene rings is 1. The van der Waals surface area contributed by atoms with E-state index in [1.807, 2.05) is 0 Å². The van der Waals surface area contributed by atoms with Crippen LogP contribution < -0.4 is 14.4 Å². The number of carbonyl (C=O) groups excluding carboxylic acids is 1. The van der Waals surface area contributed by atoms with Crippen LogP contribution in [0.25, 0.3) is 0 Å². The van der Waals surface area contributed by atoms with Crippen molar-refractivity contribution in [2.45, 2.75) is 39.0 Å². The number of likely N-dealkylation sites (tertiary alicyclic amines) is 1. The van der Waals surface area contributed by atoms with E-state index < -0.39 is 10.0 Å². The molecule has 1 heterocycles. The third-order valence-corrected chi connectivity index (χ3v) is 6.41. The van der Waals surface area contributed by atoms with Crippen LogP contribution in [0.15, 0.2) is 24.3 Å². The van der Waals surface area contributed by atoms with Crippen LogP contribution in [0.5, 0.6) is 5.75 Å². The number of ether oxygens (including phenoxy) is 1. The number of sulfonamides is 1. The predicted octanol–water partition coefficient (Wildman–Crippen LogP) is 2.48. The van der Waals surface area contributed by atoms with Crippen LogP contribution in [0.2, 0.25) is 0 Å². The number of piperidine rings is 1. The number of hydrogen-bond acceptors (Lipinski definition) is 5. The van der Waals surface area contributed by atoms with Gasteiger partial charge in [-0.05, 0) is 56.8 Å². The van der Waals surface area contributed by atoms with Crippen LogP contribution in [0.1, 0.15) is 39.0 Å². The van der Waals surface area contributed by atoms with E-state index in [0.717, 1.165) is 32.0 Å². The molecule has 1 aliphatic heterocycles. The van der Waals surface area contributed by atoms with Crippen molar-refractivity contribution in [2.75, 3.05) is 50.4 Å². The minimum Gasteiger partial charge on any atom is -0.495 e. The Labute approximate surface area is 175 Å². The van der Waals surface area contributed by atoms with Gasteiger partial charge in [-0.25, -0.2) is 8.42 Å². The summed E-state index contributed by atoms with van der Waals surface area (Å²) in [5, 5.41) is 2.95. The predicted molar refractivity (Wildman–Crippen MR) is 117 cm³/mol. The first kappa shape index (κ1) is 23.5. The van der Waals surface area contributed by atoms with E-state index in [1.54, 1.807) is 24.3 Å². The van der Waals surface area contributed by atoms with Crippen LogP contribution in [-0.2, 0) is 14.8 Å². The summed E-state index contributed by atoms with van der Waals surface area (Å²) in [6, 6.07) is 7.00. The zero-order chi connectivity index (χ0) is 21.3. The minimum absolute atomic E-state index is 0.0366. The lowest BCUT2D eigenvalue weighted by Crippen LogP contribution is -2.36. The van der Waals surface area contributed by atoms with E-state index in [4.69, 9.17) is 4.74 Å². The fraction of sp³-hybridized carbons (Fsp3) is 0.667. The zero-order valence-electron chi connectivity index (χ0n) is 17.9. The van der Waals surface area contributed by atoms with Gasteiger partial charge in [-0.3, -0.25) is 9.10 Å². The highest BCUT2D eigenvalue weighted by molar-refractivity contribution is 7.92. The molecule has 29 heavy (non-hydrogen) atoms. The first-order valence-electron chi connectivity index (χ1n) is 10.4. The lowest BCUT2D eigenvalue weighted by Gasteiger charge is -2.30. The van der Waals surface area contributed by atoms with E-state index in [2.05, 4.69) is 17.1 Å². The van der Waals surface area contributed by atoms with E-state index in [-0.39, 0.29) is 12.5 Å². The van der Waals surface area contributed by atoms with E-state index in [0.29, 0.717) is 30.8 Å². The normalized spacial score (nSPS) is 17.7. The average molecular weight is 426 g/mol. The summed E-state index contributed by atoms with van der Waals surface area (Å²) < 4.78 is 31.0. The molecule has 1 aliphatic rings. The highest BCUT2D eigenvalue weighted by atomic mass is 32.2. The number of anilines is 1. The Morgan fingerprint density at radius 2 is 2.07 bits per heavy atom. The maximum Gasteiger partial charge on any atom is 0.232 e. The van der Waals surface area contributed by atoms with Gasteiger partial charge in [0.15, 0.2) is 0 Å². The second-order valence-corrected chi connectivity index (χ2v) is 9.77. The first-order valence-corrected chi connectivity index (χ1v) is 12.3. The molecule has 8 heteroatoms. The molecular formula is C21H35N3O4S. The van der Waals surface area contributed by atoms with Crippen LogP contribution in [0.3, 0.4) is 0 Å². The van der Waals surface area contributed by atoms with Gasteiger partial charge in [0.1, 0.15) is 5.75 Å². The van der Waals surface area contributed by atoms with Gasteiger partial charge in [0, 0.05) is 26.1 Å². The first-order chi connectivity index (χ1) is 13.8. The molecule has 0 radical (unpaired) electrons. The van der Waals surface area contributed by atoms with Gasteiger partial charge in [0.05, 0.1) is 19.1 Å². The monoisotopic (exact) mass is 425 g/mol. The molecule has 7 nitrogen and oxygen atoms in total. The minimum atomic E-state index is -3.47. The Morgan fingerprint density at radius 1 is 1.31 bits per heavy atom. The number of methoxy groups -OCH3 is 1. The molecule has 1 saturated heterocycles. The molecule has 1 atom stereocenters. The Balaban J connectivity index is 1.74. The van der Waals surface area contributed by atoms with Crippen molar-refractivity contribution >= 4 is 21.6 Å². The Morgan fingerprint density at radius 3 is 2.76 bits per heavy atom. The second-order valence-electron chi connectivity index (χ2n) is 7.86. The Bertz CT molecular complexity index is 754. The fourth-order valence-electron chi connectivity index (χ4n) is 3.79. The van der Waals surface area contributed by atoms with Gasteiger partial charge in [-0.2, -0.15) is 0 Å². The molecule has 1 aromatic carbocycles. The van der Waals surface area contributed by atoms with Crippen molar-refractivity contribution in [2.24, 2.45) is 5.92 Å². The molecule has 1 fully saturated rings. The van der Waals surface area contributed by atoms with Crippen LogP contribution in [0.4, 0.5) is 5.69 Å². The highest BCUT2D eigenvalue weighted by Crippen LogP contribution is 2.29.